The molecule has 2 N–H and O–H groups in total. The van der Waals surface area contributed by atoms with Gasteiger partial charge in [-0.1, -0.05) is 12.1 Å². The molecule has 1 aromatic heterocycles. The van der Waals surface area contributed by atoms with Crippen LogP contribution in [0.4, 0.5) is 4.39 Å². The van der Waals surface area contributed by atoms with E-state index in [-0.39, 0.29) is 11.7 Å². The van der Waals surface area contributed by atoms with E-state index in [0.717, 1.165) is 24.1 Å². The van der Waals surface area contributed by atoms with Crippen molar-refractivity contribution in [2.24, 2.45) is 0 Å². The number of aliphatic hydroxyl groups excluding tert-OH is 1. The fraction of sp³-hybridized carbons (Fsp3) is 0.471. The van der Waals surface area contributed by atoms with Crippen molar-refractivity contribution in [3.63, 3.8) is 0 Å². The van der Waals surface area contributed by atoms with E-state index in [1.807, 2.05) is 12.3 Å². The molecule has 4 rings (SSSR count). The largest absolute Gasteiger partial charge is 0.389 e. The number of aromatic amines is 1. The molecule has 5 nitrogen and oxygen atoms in total. The van der Waals surface area contributed by atoms with Crippen molar-refractivity contribution in [2.45, 2.75) is 30.6 Å². The standard InChI is InChI=1S/C17H20FN3O2/c18-15-3-1-2-13(4-15)14-5-17(23-10-14)11-21(9-16(17)22)8-12-6-19-20-7-12/h1-4,6-7,14,16,22H,5,8-11H2,(H,19,20)/t14-,16-,17-/m1/s1. The van der Waals surface area contributed by atoms with Gasteiger partial charge in [0.1, 0.15) is 11.4 Å². The average molecular weight is 317 g/mol. The summed E-state index contributed by atoms with van der Waals surface area (Å²) in [7, 11) is 0. The lowest BCUT2D eigenvalue weighted by molar-refractivity contribution is -0.0594. The summed E-state index contributed by atoms with van der Waals surface area (Å²) in [6, 6.07) is 6.68. The van der Waals surface area contributed by atoms with Gasteiger partial charge in [-0.15, -0.1) is 0 Å². The molecule has 2 aliphatic rings. The third-order valence-corrected chi connectivity index (χ3v) is 4.97. The van der Waals surface area contributed by atoms with Gasteiger partial charge in [-0.3, -0.25) is 10.00 Å². The summed E-state index contributed by atoms with van der Waals surface area (Å²) >= 11 is 0. The first-order valence-electron chi connectivity index (χ1n) is 7.92. The Hall–Kier alpha value is -1.76. The second kappa shape index (κ2) is 5.70. The van der Waals surface area contributed by atoms with Crippen LogP contribution in [-0.2, 0) is 11.3 Å². The van der Waals surface area contributed by atoms with Crippen LogP contribution in [0.1, 0.15) is 23.5 Å². The van der Waals surface area contributed by atoms with Gasteiger partial charge in [0, 0.05) is 37.3 Å². The lowest BCUT2D eigenvalue weighted by Crippen LogP contribution is -2.41. The van der Waals surface area contributed by atoms with Crippen LogP contribution in [0, 0.1) is 5.82 Å². The number of nitrogens with one attached hydrogen (secondary N) is 1. The molecule has 2 fully saturated rings. The minimum Gasteiger partial charge on any atom is -0.389 e. The molecule has 3 atom stereocenters. The molecular formula is C17H20FN3O2. The fourth-order valence-electron chi connectivity index (χ4n) is 3.82. The first-order valence-corrected chi connectivity index (χ1v) is 7.92. The molecular weight excluding hydrogens is 297 g/mol. The van der Waals surface area contributed by atoms with E-state index in [9.17, 15) is 9.50 Å². The number of hydrogen-bond donors (Lipinski definition) is 2. The summed E-state index contributed by atoms with van der Waals surface area (Å²) < 4.78 is 19.5. The average Bonchev–Trinajstić information content (AvgIpc) is 3.23. The van der Waals surface area contributed by atoms with E-state index in [1.165, 1.54) is 6.07 Å². The maximum Gasteiger partial charge on any atom is 0.123 e. The van der Waals surface area contributed by atoms with E-state index in [1.54, 1.807) is 18.3 Å². The summed E-state index contributed by atoms with van der Waals surface area (Å²) in [6.45, 7) is 2.54. The predicted octanol–water partition coefficient (Wildman–Crippen LogP) is 1.67. The summed E-state index contributed by atoms with van der Waals surface area (Å²) in [6.07, 6.45) is 3.86. The molecule has 0 unspecified atom stereocenters. The number of ether oxygens (including phenoxy) is 1. The maximum absolute atomic E-state index is 13.4. The minimum absolute atomic E-state index is 0.134. The fourth-order valence-corrected chi connectivity index (χ4v) is 3.82. The Morgan fingerprint density at radius 1 is 1.48 bits per heavy atom. The molecule has 0 radical (unpaired) electrons. The van der Waals surface area contributed by atoms with Crippen molar-refractivity contribution in [3.05, 3.63) is 53.6 Å². The topological polar surface area (TPSA) is 61.4 Å². The van der Waals surface area contributed by atoms with Gasteiger partial charge in [0.2, 0.25) is 0 Å². The first-order chi connectivity index (χ1) is 11.1. The van der Waals surface area contributed by atoms with Gasteiger partial charge in [0.05, 0.1) is 18.9 Å². The van der Waals surface area contributed by atoms with Crippen molar-refractivity contribution in [1.82, 2.24) is 15.1 Å². The molecule has 3 heterocycles. The SMILES string of the molecule is O[C@@H]1CN(Cc2cn[nH]c2)C[C@]12C[C@@H](c1cccc(F)c1)CO2. The monoisotopic (exact) mass is 317 g/mol. The van der Waals surface area contributed by atoms with E-state index < -0.39 is 11.7 Å². The van der Waals surface area contributed by atoms with Gasteiger partial charge < -0.3 is 9.84 Å². The van der Waals surface area contributed by atoms with Crippen LogP contribution in [0.15, 0.2) is 36.7 Å². The number of hydrogen-bond acceptors (Lipinski definition) is 4. The van der Waals surface area contributed by atoms with E-state index >= 15 is 0 Å². The molecule has 23 heavy (non-hydrogen) atoms. The molecule has 6 heteroatoms. The van der Waals surface area contributed by atoms with Crippen molar-refractivity contribution < 1.29 is 14.2 Å². The highest BCUT2D eigenvalue weighted by Gasteiger charge is 2.52. The Morgan fingerprint density at radius 2 is 2.39 bits per heavy atom. The van der Waals surface area contributed by atoms with Crippen LogP contribution < -0.4 is 0 Å². The van der Waals surface area contributed by atoms with Crippen LogP contribution in [0.3, 0.4) is 0 Å². The molecule has 0 saturated carbocycles. The number of nitrogens with zero attached hydrogens (tertiary/aromatic N) is 2. The Morgan fingerprint density at radius 3 is 3.17 bits per heavy atom. The third kappa shape index (κ3) is 2.78. The third-order valence-electron chi connectivity index (χ3n) is 4.97. The van der Waals surface area contributed by atoms with Gasteiger partial charge in [-0.05, 0) is 24.1 Å². The van der Waals surface area contributed by atoms with Gasteiger partial charge >= 0.3 is 0 Å². The van der Waals surface area contributed by atoms with E-state index in [4.69, 9.17) is 4.74 Å². The summed E-state index contributed by atoms with van der Waals surface area (Å²) in [5.74, 6) is -0.0915. The first kappa shape index (κ1) is 14.8. The zero-order valence-corrected chi connectivity index (χ0v) is 12.8. The molecule has 2 aliphatic heterocycles. The predicted molar refractivity (Wildman–Crippen MR) is 82.3 cm³/mol. The molecule has 122 valence electrons. The molecule has 1 spiro atoms. The molecule has 0 bridgehead atoms. The second-order valence-corrected chi connectivity index (χ2v) is 6.62. The maximum atomic E-state index is 13.4. The van der Waals surface area contributed by atoms with Crippen molar-refractivity contribution in [3.8, 4) is 0 Å². The number of H-pyrrole nitrogens is 1. The van der Waals surface area contributed by atoms with Crippen LogP contribution in [0.25, 0.3) is 0 Å². The number of β-amino-alcohol motifs (C(OH)–C–C–N with tert-alkyl or cyclic N) is 1. The van der Waals surface area contributed by atoms with Crippen LogP contribution in [0.2, 0.25) is 0 Å². The summed E-state index contributed by atoms with van der Waals surface area (Å²) in [5.41, 5.74) is 1.50. The normalized spacial score (nSPS) is 31.2. The molecule has 0 amide bonds. The number of aromatic nitrogens is 2. The molecule has 2 aromatic rings. The van der Waals surface area contributed by atoms with Gasteiger partial charge in [0.15, 0.2) is 0 Å². The van der Waals surface area contributed by atoms with E-state index in [2.05, 4.69) is 15.1 Å². The smallest absolute Gasteiger partial charge is 0.123 e. The number of halogens is 1. The minimum atomic E-state index is -0.541. The van der Waals surface area contributed by atoms with Crippen LogP contribution in [0.5, 0.6) is 0 Å². The highest BCUT2D eigenvalue weighted by Crippen LogP contribution is 2.42. The number of likely N-dealkylation sites (tertiary alicyclic amines) is 1. The Bertz CT molecular complexity index is 678. The zero-order chi connectivity index (χ0) is 15.9. The van der Waals surface area contributed by atoms with Gasteiger partial charge in [-0.25, -0.2) is 4.39 Å². The molecule has 0 aliphatic carbocycles. The number of rotatable bonds is 3. The second-order valence-electron chi connectivity index (χ2n) is 6.62. The van der Waals surface area contributed by atoms with Crippen molar-refractivity contribution in [1.29, 1.82) is 0 Å². The summed E-state index contributed by atoms with van der Waals surface area (Å²) in [5, 5.41) is 17.3. The Labute approximate surface area is 134 Å². The quantitative estimate of drug-likeness (QED) is 0.904. The van der Waals surface area contributed by atoms with Gasteiger partial charge in [-0.2, -0.15) is 5.10 Å². The highest BCUT2D eigenvalue weighted by atomic mass is 19.1. The van der Waals surface area contributed by atoms with Crippen molar-refractivity contribution >= 4 is 0 Å². The molecule has 2 saturated heterocycles. The zero-order valence-electron chi connectivity index (χ0n) is 12.8. The Balaban J connectivity index is 1.47. The lowest BCUT2D eigenvalue weighted by Gasteiger charge is -2.26. The number of aliphatic hydroxyl groups is 1. The summed E-state index contributed by atoms with van der Waals surface area (Å²) in [4.78, 5) is 2.18. The van der Waals surface area contributed by atoms with E-state index in [0.29, 0.717) is 19.7 Å². The number of benzene rings is 1. The van der Waals surface area contributed by atoms with Crippen LogP contribution in [-0.4, -0.2) is 51.6 Å². The van der Waals surface area contributed by atoms with Crippen LogP contribution >= 0.6 is 0 Å². The highest BCUT2D eigenvalue weighted by molar-refractivity contribution is 5.24. The lowest BCUT2D eigenvalue weighted by atomic mass is 9.87. The Kier molecular flexibility index (Phi) is 3.67. The van der Waals surface area contributed by atoms with Gasteiger partial charge in [0.25, 0.3) is 0 Å². The van der Waals surface area contributed by atoms with Crippen molar-refractivity contribution in [2.75, 3.05) is 19.7 Å². The molecule has 1 aromatic carbocycles.